The summed E-state index contributed by atoms with van der Waals surface area (Å²) in [7, 11) is -3.82. The van der Waals surface area contributed by atoms with E-state index >= 15 is 0 Å². The molecular formula is C14H12FN5O2S. The number of benzene rings is 1. The van der Waals surface area contributed by atoms with Crippen molar-refractivity contribution < 1.29 is 12.8 Å². The molecule has 2 aromatic heterocycles. The van der Waals surface area contributed by atoms with Crippen LogP contribution in [-0.4, -0.2) is 28.4 Å². The molecule has 1 N–H and O–H groups in total. The highest BCUT2D eigenvalue weighted by Gasteiger charge is 2.15. The zero-order valence-corrected chi connectivity index (χ0v) is 12.6. The maximum atomic E-state index is 13.1. The van der Waals surface area contributed by atoms with Crippen molar-refractivity contribution in [3.8, 4) is 5.69 Å². The Morgan fingerprint density at radius 3 is 2.83 bits per heavy atom. The Bertz CT molecular complexity index is 912. The summed E-state index contributed by atoms with van der Waals surface area (Å²) in [5.41, 5.74) is 1.13. The van der Waals surface area contributed by atoms with Gasteiger partial charge in [-0.05, 0) is 30.3 Å². The minimum Gasteiger partial charge on any atom is -0.262 e. The number of sulfonamides is 1. The normalized spacial score (nSPS) is 11.5. The molecule has 0 aliphatic rings. The van der Waals surface area contributed by atoms with Crippen molar-refractivity contribution in [2.75, 3.05) is 0 Å². The van der Waals surface area contributed by atoms with E-state index in [4.69, 9.17) is 0 Å². The molecule has 0 saturated heterocycles. The fraction of sp³-hybridized carbons (Fsp3) is 0.0714. The van der Waals surface area contributed by atoms with Crippen LogP contribution in [0.5, 0.6) is 0 Å². The van der Waals surface area contributed by atoms with Crippen molar-refractivity contribution in [1.82, 2.24) is 24.7 Å². The van der Waals surface area contributed by atoms with Crippen LogP contribution in [0.4, 0.5) is 4.39 Å². The molecule has 0 atom stereocenters. The Kier molecular flexibility index (Phi) is 4.13. The van der Waals surface area contributed by atoms with Crippen LogP contribution >= 0.6 is 0 Å². The number of aromatic nitrogens is 4. The van der Waals surface area contributed by atoms with Crippen LogP contribution < -0.4 is 4.72 Å². The highest BCUT2D eigenvalue weighted by Crippen LogP contribution is 2.11. The maximum absolute atomic E-state index is 13.1. The molecule has 3 rings (SSSR count). The molecule has 0 saturated carbocycles. The third kappa shape index (κ3) is 3.58. The number of nitrogens with zero attached hydrogens (tertiary/aromatic N) is 4. The molecular weight excluding hydrogens is 321 g/mol. The molecule has 0 fully saturated rings. The highest BCUT2D eigenvalue weighted by atomic mass is 32.2. The minimum absolute atomic E-state index is 0.0564. The predicted molar refractivity (Wildman–Crippen MR) is 79.6 cm³/mol. The van der Waals surface area contributed by atoms with Gasteiger partial charge < -0.3 is 0 Å². The van der Waals surface area contributed by atoms with Gasteiger partial charge in [0.15, 0.2) is 0 Å². The van der Waals surface area contributed by atoms with E-state index in [9.17, 15) is 12.8 Å². The molecule has 0 spiro atoms. The first kappa shape index (κ1) is 15.3. The Balaban J connectivity index is 1.73. The lowest BCUT2D eigenvalue weighted by atomic mass is 10.4. The molecule has 0 bridgehead atoms. The molecule has 1 aromatic carbocycles. The van der Waals surface area contributed by atoms with Crippen LogP contribution in [0.25, 0.3) is 5.69 Å². The van der Waals surface area contributed by atoms with Gasteiger partial charge in [0.05, 0.1) is 35.2 Å². The van der Waals surface area contributed by atoms with Gasteiger partial charge in [-0.1, -0.05) is 11.3 Å². The van der Waals surface area contributed by atoms with Crippen LogP contribution in [0.1, 0.15) is 5.69 Å². The fourth-order valence-electron chi connectivity index (χ4n) is 1.88. The SMILES string of the molecule is O=S(=O)(NCc1cn(-c2cccnc2)nn1)c1cccc(F)c1. The zero-order valence-electron chi connectivity index (χ0n) is 11.8. The summed E-state index contributed by atoms with van der Waals surface area (Å²) < 4.78 is 41.2. The van der Waals surface area contributed by atoms with E-state index in [-0.39, 0.29) is 11.4 Å². The Hall–Kier alpha value is -2.65. The van der Waals surface area contributed by atoms with E-state index in [2.05, 4.69) is 20.0 Å². The summed E-state index contributed by atoms with van der Waals surface area (Å²) in [6.45, 7) is -0.0564. The van der Waals surface area contributed by atoms with Gasteiger partial charge in [-0.2, -0.15) is 0 Å². The smallest absolute Gasteiger partial charge is 0.241 e. The molecule has 0 unspecified atom stereocenters. The summed E-state index contributed by atoms with van der Waals surface area (Å²) in [6, 6.07) is 8.33. The van der Waals surface area contributed by atoms with Gasteiger partial charge in [0, 0.05) is 6.20 Å². The number of hydrogen-bond donors (Lipinski definition) is 1. The minimum atomic E-state index is -3.82. The summed E-state index contributed by atoms with van der Waals surface area (Å²) in [4.78, 5) is 3.83. The molecule has 0 radical (unpaired) electrons. The third-order valence-electron chi connectivity index (χ3n) is 3.00. The van der Waals surface area contributed by atoms with Gasteiger partial charge in [-0.25, -0.2) is 22.2 Å². The standard InChI is InChI=1S/C14H12FN5O2S/c15-11-3-1-5-14(7-11)23(21,22)17-8-12-10-20(19-18-12)13-4-2-6-16-9-13/h1-7,9-10,17H,8H2. The second-order valence-electron chi connectivity index (χ2n) is 4.65. The Morgan fingerprint density at radius 1 is 1.22 bits per heavy atom. The number of rotatable bonds is 5. The van der Waals surface area contributed by atoms with E-state index in [1.165, 1.54) is 22.9 Å². The molecule has 7 nitrogen and oxygen atoms in total. The van der Waals surface area contributed by atoms with Crippen molar-refractivity contribution in [2.45, 2.75) is 11.4 Å². The van der Waals surface area contributed by atoms with Crippen molar-refractivity contribution >= 4 is 10.0 Å². The summed E-state index contributed by atoms with van der Waals surface area (Å²) in [6.07, 6.45) is 4.83. The lowest BCUT2D eigenvalue weighted by Gasteiger charge is -2.04. The van der Waals surface area contributed by atoms with Crippen LogP contribution in [0.15, 0.2) is 59.9 Å². The van der Waals surface area contributed by atoms with Crippen molar-refractivity contribution in [1.29, 1.82) is 0 Å². The van der Waals surface area contributed by atoms with E-state index in [0.717, 1.165) is 6.07 Å². The zero-order chi connectivity index (χ0) is 16.3. The number of hydrogen-bond acceptors (Lipinski definition) is 5. The van der Waals surface area contributed by atoms with Crippen LogP contribution in [0.3, 0.4) is 0 Å². The fourth-order valence-corrected chi connectivity index (χ4v) is 2.91. The summed E-state index contributed by atoms with van der Waals surface area (Å²) in [5.74, 6) is -0.615. The molecule has 0 aliphatic heterocycles. The van der Waals surface area contributed by atoms with Crippen LogP contribution in [0, 0.1) is 5.82 Å². The average Bonchev–Trinajstić information content (AvgIpc) is 3.03. The van der Waals surface area contributed by atoms with E-state index < -0.39 is 15.8 Å². The van der Waals surface area contributed by atoms with Crippen molar-refractivity contribution in [2.24, 2.45) is 0 Å². The van der Waals surface area contributed by atoms with Crippen LogP contribution in [0.2, 0.25) is 0 Å². The van der Waals surface area contributed by atoms with Crippen molar-refractivity contribution in [3.63, 3.8) is 0 Å². The average molecular weight is 333 g/mol. The monoisotopic (exact) mass is 333 g/mol. The molecule has 0 amide bonds. The molecule has 3 aromatic rings. The largest absolute Gasteiger partial charge is 0.262 e. The second kappa shape index (κ2) is 6.23. The first-order chi connectivity index (χ1) is 11.0. The first-order valence-electron chi connectivity index (χ1n) is 6.61. The van der Waals surface area contributed by atoms with Crippen molar-refractivity contribution in [3.05, 3.63) is 66.5 Å². The van der Waals surface area contributed by atoms with Gasteiger partial charge in [-0.3, -0.25) is 4.98 Å². The van der Waals surface area contributed by atoms with E-state index in [1.54, 1.807) is 30.7 Å². The van der Waals surface area contributed by atoms with Gasteiger partial charge in [0.25, 0.3) is 0 Å². The molecule has 23 heavy (non-hydrogen) atoms. The number of pyridine rings is 1. The summed E-state index contributed by atoms with van der Waals surface area (Å²) >= 11 is 0. The van der Waals surface area contributed by atoms with Gasteiger partial charge in [-0.15, -0.1) is 5.10 Å². The number of nitrogens with one attached hydrogen (secondary N) is 1. The molecule has 0 aliphatic carbocycles. The molecule has 2 heterocycles. The molecule has 118 valence electrons. The van der Waals surface area contributed by atoms with Gasteiger partial charge >= 0.3 is 0 Å². The van der Waals surface area contributed by atoms with Gasteiger partial charge in [0.2, 0.25) is 10.0 Å². The van der Waals surface area contributed by atoms with E-state index in [0.29, 0.717) is 11.4 Å². The second-order valence-corrected chi connectivity index (χ2v) is 6.41. The number of halogens is 1. The lowest BCUT2D eigenvalue weighted by Crippen LogP contribution is -2.23. The van der Waals surface area contributed by atoms with E-state index in [1.807, 2.05) is 0 Å². The van der Waals surface area contributed by atoms with Gasteiger partial charge in [0.1, 0.15) is 5.82 Å². The topological polar surface area (TPSA) is 89.8 Å². The first-order valence-corrected chi connectivity index (χ1v) is 8.10. The summed E-state index contributed by atoms with van der Waals surface area (Å²) in [5, 5.41) is 7.80. The Morgan fingerprint density at radius 2 is 2.09 bits per heavy atom. The third-order valence-corrected chi connectivity index (χ3v) is 4.40. The van der Waals surface area contributed by atoms with Crippen LogP contribution in [-0.2, 0) is 16.6 Å². The molecule has 9 heteroatoms. The highest BCUT2D eigenvalue weighted by molar-refractivity contribution is 7.89. The maximum Gasteiger partial charge on any atom is 0.241 e. The Labute approximate surface area is 131 Å². The predicted octanol–water partition coefficient (Wildman–Crippen LogP) is 1.28. The lowest BCUT2D eigenvalue weighted by molar-refractivity contribution is 0.576. The quantitative estimate of drug-likeness (QED) is 0.760.